The summed E-state index contributed by atoms with van der Waals surface area (Å²) in [6.45, 7) is 3.03. The van der Waals surface area contributed by atoms with Crippen LogP contribution < -0.4 is 0 Å². The maximum absolute atomic E-state index is 11.4. The molecule has 2 N–H and O–H groups in total. The van der Waals surface area contributed by atoms with E-state index in [-0.39, 0.29) is 23.1 Å². The molecule has 0 aliphatic rings. The lowest BCUT2D eigenvalue weighted by molar-refractivity contribution is 0.100. The Hall–Kier alpha value is -4.84. The molecule has 184 valence electrons. The number of nitrogens with zero attached hydrogens (tertiary/aromatic N) is 2. The van der Waals surface area contributed by atoms with Crippen LogP contribution in [0.5, 0.6) is 11.5 Å². The van der Waals surface area contributed by atoms with Crippen molar-refractivity contribution in [3.63, 3.8) is 0 Å². The van der Waals surface area contributed by atoms with Gasteiger partial charge in [0.15, 0.2) is 11.6 Å². The SMILES string of the molecule is CC(=O)c1ccc(N=Cc2cc(Cc3ccc(O)c(C=Nc4ccc(C(C)=O)cc4)c3)ccc2O)cc1. The average molecular weight is 491 g/mol. The second kappa shape index (κ2) is 11.3. The summed E-state index contributed by atoms with van der Waals surface area (Å²) in [6, 6.07) is 24.6. The second-order valence-electron chi connectivity index (χ2n) is 8.69. The molecule has 0 spiro atoms. The van der Waals surface area contributed by atoms with Gasteiger partial charge < -0.3 is 10.2 Å². The Morgan fingerprint density at radius 1 is 0.622 bits per heavy atom. The van der Waals surface area contributed by atoms with Crippen molar-refractivity contribution in [2.24, 2.45) is 9.98 Å². The van der Waals surface area contributed by atoms with Crippen LogP contribution in [0.15, 0.2) is 94.9 Å². The highest BCUT2D eigenvalue weighted by Crippen LogP contribution is 2.24. The van der Waals surface area contributed by atoms with Crippen molar-refractivity contribution in [1.82, 2.24) is 0 Å². The van der Waals surface area contributed by atoms with E-state index >= 15 is 0 Å². The van der Waals surface area contributed by atoms with E-state index in [1.807, 2.05) is 24.3 Å². The first-order chi connectivity index (χ1) is 17.8. The highest BCUT2D eigenvalue weighted by Gasteiger charge is 2.06. The van der Waals surface area contributed by atoms with Gasteiger partial charge in [-0.1, -0.05) is 12.1 Å². The van der Waals surface area contributed by atoms with Gasteiger partial charge in [0.05, 0.1) is 11.4 Å². The molecule has 4 aromatic carbocycles. The average Bonchev–Trinajstić information content (AvgIpc) is 2.89. The van der Waals surface area contributed by atoms with Crippen LogP contribution in [0.25, 0.3) is 0 Å². The van der Waals surface area contributed by atoms with Crippen LogP contribution in [-0.4, -0.2) is 34.2 Å². The summed E-state index contributed by atoms with van der Waals surface area (Å²) in [4.78, 5) is 31.7. The van der Waals surface area contributed by atoms with Crippen LogP contribution in [0, 0.1) is 0 Å². The quantitative estimate of drug-likeness (QED) is 0.215. The van der Waals surface area contributed by atoms with Gasteiger partial charge in [-0.2, -0.15) is 0 Å². The van der Waals surface area contributed by atoms with Crippen LogP contribution in [0.4, 0.5) is 11.4 Å². The molecule has 37 heavy (non-hydrogen) atoms. The van der Waals surface area contributed by atoms with E-state index in [1.165, 1.54) is 13.8 Å². The summed E-state index contributed by atoms with van der Waals surface area (Å²) in [5.41, 5.74) is 5.65. The van der Waals surface area contributed by atoms with Gasteiger partial charge >= 0.3 is 0 Å². The molecule has 0 amide bonds. The summed E-state index contributed by atoms with van der Waals surface area (Å²) >= 11 is 0. The summed E-state index contributed by atoms with van der Waals surface area (Å²) in [5.74, 6) is 0.213. The minimum absolute atomic E-state index is 0.00661. The van der Waals surface area contributed by atoms with Crippen molar-refractivity contribution in [3.8, 4) is 11.5 Å². The molecule has 0 fully saturated rings. The molecule has 6 nitrogen and oxygen atoms in total. The number of aromatic hydroxyl groups is 2. The van der Waals surface area contributed by atoms with Crippen molar-refractivity contribution >= 4 is 35.4 Å². The number of carbonyl (C=O) groups is 2. The molecule has 0 radical (unpaired) electrons. The van der Waals surface area contributed by atoms with Crippen LogP contribution >= 0.6 is 0 Å². The molecule has 0 atom stereocenters. The molecule has 4 aromatic rings. The lowest BCUT2D eigenvalue weighted by Gasteiger charge is -2.07. The van der Waals surface area contributed by atoms with E-state index in [4.69, 9.17) is 0 Å². The molecule has 0 aromatic heterocycles. The van der Waals surface area contributed by atoms with Gasteiger partial charge in [0.2, 0.25) is 0 Å². The lowest BCUT2D eigenvalue weighted by atomic mass is 10.0. The van der Waals surface area contributed by atoms with Crippen molar-refractivity contribution in [3.05, 3.63) is 118 Å². The second-order valence-corrected chi connectivity index (χ2v) is 8.69. The van der Waals surface area contributed by atoms with E-state index in [0.29, 0.717) is 40.0 Å². The maximum Gasteiger partial charge on any atom is 0.159 e. The first-order valence-corrected chi connectivity index (χ1v) is 11.7. The smallest absolute Gasteiger partial charge is 0.159 e. The van der Waals surface area contributed by atoms with Crippen LogP contribution in [-0.2, 0) is 6.42 Å². The Kier molecular flexibility index (Phi) is 7.69. The fourth-order valence-electron chi connectivity index (χ4n) is 3.72. The number of hydrogen-bond acceptors (Lipinski definition) is 6. The topological polar surface area (TPSA) is 99.3 Å². The first kappa shape index (κ1) is 25.3. The van der Waals surface area contributed by atoms with E-state index in [9.17, 15) is 19.8 Å². The van der Waals surface area contributed by atoms with Gasteiger partial charge in [-0.25, -0.2) is 0 Å². The summed E-state index contributed by atoms with van der Waals surface area (Å²) in [6.07, 6.45) is 3.75. The Morgan fingerprint density at radius 3 is 1.35 bits per heavy atom. The zero-order chi connectivity index (χ0) is 26.4. The highest BCUT2D eigenvalue weighted by molar-refractivity contribution is 5.95. The number of benzene rings is 4. The number of carbonyl (C=O) groups excluding carboxylic acids is 2. The van der Waals surface area contributed by atoms with E-state index in [0.717, 1.165) is 11.1 Å². The zero-order valence-corrected chi connectivity index (χ0v) is 20.6. The number of aliphatic imine (C=N–C) groups is 2. The largest absolute Gasteiger partial charge is 0.507 e. The molecule has 0 saturated heterocycles. The Labute approximate surface area is 215 Å². The van der Waals surface area contributed by atoms with Crippen LogP contribution in [0.1, 0.15) is 56.8 Å². The number of ketones is 2. The van der Waals surface area contributed by atoms with E-state index < -0.39 is 0 Å². The monoisotopic (exact) mass is 490 g/mol. The predicted molar refractivity (Wildman–Crippen MR) is 146 cm³/mol. The summed E-state index contributed by atoms with van der Waals surface area (Å²) in [5, 5.41) is 20.6. The minimum Gasteiger partial charge on any atom is -0.507 e. The molecule has 0 saturated carbocycles. The fraction of sp³-hybridized carbons (Fsp3) is 0.0968. The third-order valence-corrected chi connectivity index (χ3v) is 5.85. The van der Waals surface area contributed by atoms with Gasteiger partial charge in [0.25, 0.3) is 0 Å². The summed E-state index contributed by atoms with van der Waals surface area (Å²) in [7, 11) is 0. The number of phenolic OH excluding ortho intramolecular Hbond substituents is 2. The van der Waals surface area contributed by atoms with Gasteiger partial charge in [-0.3, -0.25) is 19.6 Å². The van der Waals surface area contributed by atoms with Crippen molar-refractivity contribution in [1.29, 1.82) is 0 Å². The van der Waals surface area contributed by atoms with Crippen molar-refractivity contribution < 1.29 is 19.8 Å². The third-order valence-electron chi connectivity index (χ3n) is 5.85. The van der Waals surface area contributed by atoms with Gasteiger partial charge in [0.1, 0.15) is 11.5 Å². The fourth-order valence-corrected chi connectivity index (χ4v) is 3.72. The molecular formula is C31H26N2O4. The normalized spacial score (nSPS) is 11.3. The van der Waals surface area contributed by atoms with Crippen molar-refractivity contribution in [2.45, 2.75) is 20.3 Å². The zero-order valence-electron chi connectivity index (χ0n) is 20.6. The number of Topliss-reactive ketones (excluding diaryl/α,β-unsaturated/α-hetero) is 2. The first-order valence-electron chi connectivity index (χ1n) is 11.7. The maximum atomic E-state index is 11.4. The molecular weight excluding hydrogens is 464 g/mol. The Morgan fingerprint density at radius 2 is 1.00 bits per heavy atom. The molecule has 0 unspecified atom stereocenters. The molecule has 0 aliphatic heterocycles. The molecule has 0 heterocycles. The molecule has 0 bridgehead atoms. The van der Waals surface area contributed by atoms with E-state index in [1.54, 1.807) is 73.1 Å². The molecule has 6 heteroatoms. The number of hydrogen-bond donors (Lipinski definition) is 2. The van der Waals surface area contributed by atoms with Crippen LogP contribution in [0.3, 0.4) is 0 Å². The molecule has 4 rings (SSSR count). The minimum atomic E-state index is -0.00661. The Bertz CT molecular complexity index is 1390. The van der Waals surface area contributed by atoms with E-state index in [2.05, 4.69) is 9.98 Å². The van der Waals surface area contributed by atoms with Gasteiger partial charge in [-0.15, -0.1) is 0 Å². The number of rotatable bonds is 8. The third kappa shape index (κ3) is 6.64. The highest BCUT2D eigenvalue weighted by atomic mass is 16.3. The predicted octanol–water partition coefficient (Wildman–Crippen LogP) is 6.60. The van der Waals surface area contributed by atoms with Gasteiger partial charge in [0, 0.05) is 34.7 Å². The standard InChI is InChI=1S/C31H26N2O4/c1-20(34)24-5-9-28(10-6-24)32-18-26-16-22(3-13-30(26)36)15-23-4-14-31(37)27(17-23)19-33-29-11-7-25(8-12-29)21(2)35/h3-14,16-19,36-37H,15H2,1-2H3. The number of phenols is 2. The van der Waals surface area contributed by atoms with Gasteiger partial charge in [-0.05, 0) is 104 Å². The molecule has 0 aliphatic carbocycles. The Balaban J connectivity index is 1.50. The van der Waals surface area contributed by atoms with Crippen molar-refractivity contribution in [2.75, 3.05) is 0 Å². The lowest BCUT2D eigenvalue weighted by Crippen LogP contribution is -1.93. The van der Waals surface area contributed by atoms with Crippen LogP contribution in [0.2, 0.25) is 0 Å². The summed E-state index contributed by atoms with van der Waals surface area (Å²) < 4.78 is 0.